The molecule has 1 saturated carbocycles. The maximum Gasteiger partial charge on any atom is 0.255 e. The monoisotopic (exact) mass is 460 g/mol. The van der Waals surface area contributed by atoms with E-state index in [2.05, 4.69) is 37.1 Å². The van der Waals surface area contributed by atoms with Crippen molar-refractivity contribution in [3.05, 3.63) is 41.9 Å². The van der Waals surface area contributed by atoms with Crippen molar-refractivity contribution < 1.29 is 9.59 Å². The summed E-state index contributed by atoms with van der Waals surface area (Å²) in [7, 11) is 0. The van der Waals surface area contributed by atoms with Crippen LogP contribution < -0.4 is 16.0 Å². The van der Waals surface area contributed by atoms with Gasteiger partial charge in [-0.15, -0.1) is 0 Å². The Hall–Kier alpha value is -4.00. The van der Waals surface area contributed by atoms with Crippen molar-refractivity contribution in [2.75, 3.05) is 5.32 Å². The fourth-order valence-corrected chi connectivity index (χ4v) is 4.25. The molecule has 1 fully saturated rings. The quantitative estimate of drug-likeness (QED) is 0.514. The van der Waals surface area contributed by atoms with E-state index in [0.717, 1.165) is 25.7 Å². The summed E-state index contributed by atoms with van der Waals surface area (Å²) in [5.74, 6) is -0.199. The standard InChI is InChI=1S/C24H28N8O2/c1-14(2)29-20-9-21(22-13-27-23-8-16(10-25)11-28-32(22)23)26-12-19(20)24(34)31-18-6-4-17(5-7-18)30-15(3)33/h8-9,11-14,17-18H,4-7H2,1-3H3,(H,26,29)(H,30,33)(H,31,34)/t17-,18-. The van der Waals surface area contributed by atoms with E-state index in [1.807, 2.05) is 19.9 Å². The molecule has 0 radical (unpaired) electrons. The van der Waals surface area contributed by atoms with Gasteiger partial charge in [-0.25, -0.2) is 9.50 Å². The number of nitriles is 1. The summed E-state index contributed by atoms with van der Waals surface area (Å²) < 4.78 is 1.62. The first-order valence-corrected chi connectivity index (χ1v) is 11.4. The number of nitrogens with zero attached hydrogens (tertiary/aromatic N) is 5. The molecule has 3 aromatic heterocycles. The van der Waals surface area contributed by atoms with Crippen molar-refractivity contribution in [1.82, 2.24) is 30.2 Å². The Morgan fingerprint density at radius 1 is 1.06 bits per heavy atom. The predicted octanol–water partition coefficient (Wildman–Crippen LogP) is 2.66. The average Bonchev–Trinajstić information content (AvgIpc) is 3.22. The van der Waals surface area contributed by atoms with Gasteiger partial charge in [0.15, 0.2) is 5.65 Å². The highest BCUT2D eigenvalue weighted by atomic mass is 16.2. The van der Waals surface area contributed by atoms with Crippen LogP contribution in [0, 0.1) is 11.3 Å². The van der Waals surface area contributed by atoms with Crippen molar-refractivity contribution >= 4 is 23.1 Å². The number of aromatic nitrogens is 4. The second-order valence-electron chi connectivity index (χ2n) is 8.91. The third-order valence-electron chi connectivity index (χ3n) is 5.82. The first-order chi connectivity index (χ1) is 16.3. The minimum absolute atomic E-state index is 0.0188. The topological polar surface area (TPSA) is 137 Å². The number of amides is 2. The lowest BCUT2D eigenvalue weighted by Gasteiger charge is -2.29. The normalized spacial score (nSPS) is 17.9. The Labute approximate surface area is 197 Å². The van der Waals surface area contributed by atoms with Crippen LogP contribution in [0.3, 0.4) is 0 Å². The lowest BCUT2D eigenvalue weighted by molar-refractivity contribution is -0.119. The average molecular weight is 461 g/mol. The Kier molecular flexibility index (Phi) is 6.72. The van der Waals surface area contributed by atoms with E-state index >= 15 is 0 Å². The number of carbonyl (C=O) groups is 2. The molecule has 1 aliphatic rings. The summed E-state index contributed by atoms with van der Waals surface area (Å²) in [6.07, 6.45) is 8.01. The molecule has 10 nitrogen and oxygen atoms in total. The Morgan fingerprint density at radius 2 is 1.76 bits per heavy atom. The first kappa shape index (κ1) is 23.2. The molecule has 3 heterocycles. The van der Waals surface area contributed by atoms with Crippen molar-refractivity contribution in [2.24, 2.45) is 0 Å². The molecule has 4 rings (SSSR count). The third-order valence-corrected chi connectivity index (χ3v) is 5.82. The predicted molar refractivity (Wildman–Crippen MR) is 127 cm³/mol. The molecule has 1 aliphatic carbocycles. The van der Waals surface area contributed by atoms with E-state index in [1.54, 1.807) is 23.0 Å². The lowest BCUT2D eigenvalue weighted by atomic mass is 9.91. The zero-order valence-corrected chi connectivity index (χ0v) is 19.5. The Bertz CT molecular complexity index is 1250. The third kappa shape index (κ3) is 5.14. The van der Waals surface area contributed by atoms with Gasteiger partial charge in [-0.2, -0.15) is 10.4 Å². The summed E-state index contributed by atoms with van der Waals surface area (Å²) in [5.41, 5.74) is 3.39. The molecule has 0 bridgehead atoms. The summed E-state index contributed by atoms with van der Waals surface area (Å²) in [4.78, 5) is 33.3. The molecule has 0 saturated heterocycles. The van der Waals surface area contributed by atoms with Crippen molar-refractivity contribution in [3.8, 4) is 17.5 Å². The van der Waals surface area contributed by atoms with E-state index in [4.69, 9.17) is 5.26 Å². The molecule has 0 unspecified atom stereocenters. The SMILES string of the molecule is CC(=O)N[C@H]1CC[C@H](NC(=O)c2cnc(-c3cnc4cc(C#N)cnn34)cc2NC(C)C)CC1. The number of carbonyl (C=O) groups excluding carboxylic acids is 2. The van der Waals surface area contributed by atoms with E-state index in [9.17, 15) is 9.59 Å². The van der Waals surface area contributed by atoms with Crippen LogP contribution in [-0.2, 0) is 4.79 Å². The molecule has 3 aromatic rings. The molecule has 3 N–H and O–H groups in total. The zero-order chi connectivity index (χ0) is 24.2. The molecule has 34 heavy (non-hydrogen) atoms. The van der Waals surface area contributed by atoms with Crippen LogP contribution in [0.2, 0.25) is 0 Å². The fraction of sp³-hybridized carbons (Fsp3) is 0.417. The molecule has 0 atom stereocenters. The summed E-state index contributed by atoms with van der Waals surface area (Å²) in [5, 5.41) is 22.8. The van der Waals surface area contributed by atoms with Gasteiger partial charge in [0.05, 0.1) is 34.9 Å². The summed E-state index contributed by atoms with van der Waals surface area (Å²) >= 11 is 0. The fourth-order valence-electron chi connectivity index (χ4n) is 4.25. The van der Waals surface area contributed by atoms with E-state index in [0.29, 0.717) is 33.8 Å². The number of anilines is 1. The molecule has 176 valence electrons. The largest absolute Gasteiger partial charge is 0.382 e. The van der Waals surface area contributed by atoms with Gasteiger partial charge < -0.3 is 16.0 Å². The van der Waals surface area contributed by atoms with Gasteiger partial charge in [0.25, 0.3) is 5.91 Å². The van der Waals surface area contributed by atoms with Crippen LogP contribution in [0.4, 0.5) is 5.69 Å². The van der Waals surface area contributed by atoms with E-state index in [-0.39, 0.29) is 29.9 Å². The van der Waals surface area contributed by atoms with E-state index < -0.39 is 0 Å². The van der Waals surface area contributed by atoms with Crippen LogP contribution in [-0.4, -0.2) is 49.5 Å². The van der Waals surface area contributed by atoms with Gasteiger partial charge in [-0.3, -0.25) is 14.6 Å². The highest BCUT2D eigenvalue weighted by Crippen LogP contribution is 2.26. The number of hydrogen-bond acceptors (Lipinski definition) is 7. The van der Waals surface area contributed by atoms with Gasteiger partial charge >= 0.3 is 0 Å². The molecule has 0 spiro atoms. The van der Waals surface area contributed by atoms with Gasteiger partial charge in [-0.1, -0.05) is 0 Å². The van der Waals surface area contributed by atoms with Gasteiger partial charge in [-0.05, 0) is 45.6 Å². The molecule has 0 aromatic carbocycles. The maximum atomic E-state index is 13.1. The molecular formula is C24H28N8O2. The van der Waals surface area contributed by atoms with Crippen LogP contribution in [0.25, 0.3) is 17.0 Å². The van der Waals surface area contributed by atoms with Crippen LogP contribution in [0.15, 0.2) is 30.7 Å². The summed E-state index contributed by atoms with van der Waals surface area (Å²) in [6.45, 7) is 5.54. The minimum Gasteiger partial charge on any atom is -0.382 e. The number of fused-ring (bicyclic) bond motifs is 1. The van der Waals surface area contributed by atoms with Crippen LogP contribution in [0.1, 0.15) is 62.4 Å². The zero-order valence-electron chi connectivity index (χ0n) is 19.5. The number of pyridine rings is 1. The minimum atomic E-state index is -0.180. The highest BCUT2D eigenvalue weighted by Gasteiger charge is 2.24. The van der Waals surface area contributed by atoms with Gasteiger partial charge in [0, 0.05) is 37.3 Å². The Morgan fingerprint density at radius 3 is 2.41 bits per heavy atom. The number of nitrogens with one attached hydrogen (secondary N) is 3. The lowest BCUT2D eigenvalue weighted by Crippen LogP contribution is -2.43. The molecular weight excluding hydrogens is 432 g/mol. The number of imidazole rings is 1. The second-order valence-corrected chi connectivity index (χ2v) is 8.91. The Balaban J connectivity index is 1.55. The maximum absolute atomic E-state index is 13.1. The summed E-state index contributed by atoms with van der Waals surface area (Å²) in [6, 6.07) is 5.88. The molecule has 2 amide bonds. The van der Waals surface area contributed by atoms with Crippen molar-refractivity contribution in [3.63, 3.8) is 0 Å². The molecule has 0 aliphatic heterocycles. The highest BCUT2D eigenvalue weighted by molar-refractivity contribution is 6.00. The van der Waals surface area contributed by atoms with Crippen LogP contribution >= 0.6 is 0 Å². The van der Waals surface area contributed by atoms with E-state index in [1.165, 1.54) is 13.1 Å². The first-order valence-electron chi connectivity index (χ1n) is 11.4. The second kappa shape index (κ2) is 9.87. The van der Waals surface area contributed by atoms with Gasteiger partial charge in [0.2, 0.25) is 5.91 Å². The number of rotatable bonds is 6. The van der Waals surface area contributed by atoms with Gasteiger partial charge in [0.1, 0.15) is 11.8 Å². The number of hydrogen-bond donors (Lipinski definition) is 3. The van der Waals surface area contributed by atoms with Crippen molar-refractivity contribution in [2.45, 2.75) is 64.6 Å². The van der Waals surface area contributed by atoms with Crippen LogP contribution in [0.5, 0.6) is 0 Å². The molecule has 10 heteroatoms. The van der Waals surface area contributed by atoms with Crippen molar-refractivity contribution in [1.29, 1.82) is 5.26 Å². The smallest absolute Gasteiger partial charge is 0.255 e.